The molecule has 0 fully saturated rings. The van der Waals surface area contributed by atoms with Gasteiger partial charge in [0.25, 0.3) is 5.56 Å². The summed E-state index contributed by atoms with van der Waals surface area (Å²) < 4.78 is 1.15. The minimum absolute atomic E-state index is 0.206. The SMILES string of the molecule is CC(Nc1cc(=O)n(C(C)C)c(=O)[nH]1)c1ccccc1C#N. The van der Waals surface area contributed by atoms with Crippen molar-refractivity contribution >= 4 is 5.82 Å². The van der Waals surface area contributed by atoms with E-state index in [1.807, 2.05) is 19.1 Å². The number of aromatic amines is 1. The summed E-state index contributed by atoms with van der Waals surface area (Å²) in [5.41, 5.74) is 0.548. The summed E-state index contributed by atoms with van der Waals surface area (Å²) in [6.45, 7) is 5.41. The Labute approximate surface area is 128 Å². The minimum Gasteiger partial charge on any atom is -0.365 e. The molecule has 0 saturated carbocycles. The third-order valence-electron chi connectivity index (χ3n) is 3.40. The second-order valence-corrected chi connectivity index (χ2v) is 5.36. The Kier molecular flexibility index (Phi) is 4.47. The molecule has 0 amide bonds. The van der Waals surface area contributed by atoms with E-state index in [1.165, 1.54) is 6.07 Å². The molecule has 0 aliphatic rings. The maximum atomic E-state index is 12.0. The van der Waals surface area contributed by atoms with Crippen LogP contribution in [0.15, 0.2) is 39.9 Å². The predicted octanol–water partition coefficient (Wildman–Crippen LogP) is 2.16. The fraction of sp³-hybridized carbons (Fsp3) is 0.312. The van der Waals surface area contributed by atoms with Crippen LogP contribution in [0.25, 0.3) is 0 Å². The van der Waals surface area contributed by atoms with Gasteiger partial charge in [-0.1, -0.05) is 18.2 Å². The second kappa shape index (κ2) is 6.31. The molecule has 2 N–H and O–H groups in total. The minimum atomic E-state index is -0.453. The lowest BCUT2D eigenvalue weighted by molar-refractivity contribution is 0.546. The van der Waals surface area contributed by atoms with Gasteiger partial charge in [0.2, 0.25) is 0 Å². The summed E-state index contributed by atoms with van der Waals surface area (Å²) in [6.07, 6.45) is 0. The van der Waals surface area contributed by atoms with Gasteiger partial charge in [-0.3, -0.25) is 14.3 Å². The summed E-state index contributed by atoms with van der Waals surface area (Å²) in [7, 11) is 0. The van der Waals surface area contributed by atoms with Gasteiger partial charge in [-0.15, -0.1) is 0 Å². The molecule has 0 bridgehead atoms. The Morgan fingerprint density at radius 1 is 1.23 bits per heavy atom. The van der Waals surface area contributed by atoms with Gasteiger partial charge in [-0.25, -0.2) is 4.79 Å². The first kappa shape index (κ1) is 15.6. The first-order valence-corrected chi connectivity index (χ1v) is 7.05. The van der Waals surface area contributed by atoms with Crippen LogP contribution in [0.5, 0.6) is 0 Å². The number of anilines is 1. The van der Waals surface area contributed by atoms with Crippen molar-refractivity contribution in [2.45, 2.75) is 32.9 Å². The average molecular weight is 298 g/mol. The van der Waals surface area contributed by atoms with Crippen molar-refractivity contribution in [1.29, 1.82) is 5.26 Å². The number of rotatable bonds is 4. The van der Waals surface area contributed by atoms with E-state index >= 15 is 0 Å². The summed E-state index contributed by atoms with van der Waals surface area (Å²) in [5, 5.41) is 12.2. The van der Waals surface area contributed by atoms with Gasteiger partial charge in [0, 0.05) is 12.1 Å². The van der Waals surface area contributed by atoms with Crippen LogP contribution >= 0.6 is 0 Å². The molecule has 6 heteroatoms. The van der Waals surface area contributed by atoms with Crippen LogP contribution in [0.1, 0.15) is 44.0 Å². The average Bonchev–Trinajstić information content (AvgIpc) is 2.45. The molecule has 1 unspecified atom stereocenters. The largest absolute Gasteiger partial charge is 0.365 e. The van der Waals surface area contributed by atoms with Gasteiger partial charge in [0.1, 0.15) is 5.82 Å². The third-order valence-corrected chi connectivity index (χ3v) is 3.40. The van der Waals surface area contributed by atoms with Crippen molar-refractivity contribution in [3.05, 3.63) is 62.3 Å². The first-order valence-electron chi connectivity index (χ1n) is 7.05. The molecule has 6 nitrogen and oxygen atoms in total. The highest BCUT2D eigenvalue weighted by Gasteiger charge is 2.12. The van der Waals surface area contributed by atoms with Crippen LogP contribution < -0.4 is 16.6 Å². The van der Waals surface area contributed by atoms with Gasteiger partial charge >= 0.3 is 5.69 Å². The number of nitrogens with one attached hydrogen (secondary N) is 2. The summed E-state index contributed by atoms with van der Waals surface area (Å²) in [4.78, 5) is 26.6. The zero-order chi connectivity index (χ0) is 16.3. The molecule has 2 rings (SSSR count). The number of nitriles is 1. The highest BCUT2D eigenvalue weighted by molar-refractivity contribution is 5.44. The topological polar surface area (TPSA) is 90.7 Å². The molecule has 0 aliphatic heterocycles. The first-order chi connectivity index (χ1) is 10.4. The fourth-order valence-corrected chi connectivity index (χ4v) is 2.36. The van der Waals surface area contributed by atoms with E-state index in [0.717, 1.165) is 10.1 Å². The van der Waals surface area contributed by atoms with Crippen molar-refractivity contribution in [2.24, 2.45) is 0 Å². The maximum absolute atomic E-state index is 12.0. The van der Waals surface area contributed by atoms with Crippen LogP contribution in [0, 0.1) is 11.3 Å². The van der Waals surface area contributed by atoms with E-state index in [2.05, 4.69) is 16.4 Å². The molecule has 0 spiro atoms. The molecular weight excluding hydrogens is 280 g/mol. The molecule has 2 aromatic rings. The Hall–Kier alpha value is -2.81. The van der Waals surface area contributed by atoms with Gasteiger partial charge in [-0.2, -0.15) is 5.26 Å². The molecule has 1 atom stereocenters. The molecular formula is C16H18N4O2. The quantitative estimate of drug-likeness (QED) is 0.905. The fourth-order valence-electron chi connectivity index (χ4n) is 2.36. The van der Waals surface area contributed by atoms with E-state index in [9.17, 15) is 9.59 Å². The zero-order valence-electron chi connectivity index (χ0n) is 12.8. The lowest BCUT2D eigenvalue weighted by Gasteiger charge is -2.17. The summed E-state index contributed by atoms with van der Waals surface area (Å²) >= 11 is 0. The predicted molar refractivity (Wildman–Crippen MR) is 84.9 cm³/mol. The van der Waals surface area contributed by atoms with Crippen LogP contribution in [0.4, 0.5) is 5.82 Å². The van der Waals surface area contributed by atoms with E-state index in [-0.39, 0.29) is 17.6 Å². The van der Waals surface area contributed by atoms with E-state index < -0.39 is 5.69 Å². The van der Waals surface area contributed by atoms with Crippen molar-refractivity contribution in [3.63, 3.8) is 0 Å². The van der Waals surface area contributed by atoms with E-state index in [1.54, 1.807) is 26.0 Å². The molecule has 1 heterocycles. The van der Waals surface area contributed by atoms with Crippen LogP contribution in [-0.2, 0) is 0 Å². The zero-order valence-corrected chi connectivity index (χ0v) is 12.8. The Morgan fingerprint density at radius 3 is 2.50 bits per heavy atom. The second-order valence-electron chi connectivity index (χ2n) is 5.36. The van der Waals surface area contributed by atoms with Crippen LogP contribution in [-0.4, -0.2) is 9.55 Å². The molecule has 1 aromatic carbocycles. The van der Waals surface area contributed by atoms with Crippen molar-refractivity contribution in [1.82, 2.24) is 9.55 Å². The van der Waals surface area contributed by atoms with Crippen LogP contribution in [0.2, 0.25) is 0 Å². The smallest absolute Gasteiger partial charge is 0.330 e. The van der Waals surface area contributed by atoms with E-state index in [0.29, 0.717) is 11.4 Å². The van der Waals surface area contributed by atoms with Gasteiger partial charge in [0.05, 0.1) is 17.7 Å². The molecule has 22 heavy (non-hydrogen) atoms. The summed E-state index contributed by atoms with van der Waals surface area (Å²) in [5.74, 6) is 0.340. The third kappa shape index (κ3) is 3.09. The Balaban J connectivity index is 2.34. The van der Waals surface area contributed by atoms with Gasteiger partial charge in [-0.05, 0) is 32.4 Å². The van der Waals surface area contributed by atoms with Crippen molar-refractivity contribution in [2.75, 3.05) is 5.32 Å². The molecule has 0 radical (unpaired) electrons. The van der Waals surface area contributed by atoms with Crippen molar-refractivity contribution in [3.8, 4) is 6.07 Å². The van der Waals surface area contributed by atoms with Crippen LogP contribution in [0.3, 0.4) is 0 Å². The maximum Gasteiger partial charge on any atom is 0.330 e. The number of hydrogen-bond donors (Lipinski definition) is 2. The number of benzene rings is 1. The Morgan fingerprint density at radius 2 is 1.91 bits per heavy atom. The summed E-state index contributed by atoms with van der Waals surface area (Å²) in [6, 6.07) is 10.3. The standard InChI is InChI=1S/C16H18N4O2/c1-10(2)20-15(21)8-14(19-16(20)22)18-11(3)13-7-5-4-6-12(13)9-17/h4-8,10-11,18H,1-3H3,(H,19,22). The van der Waals surface area contributed by atoms with E-state index in [4.69, 9.17) is 5.26 Å². The Bertz CT molecular complexity index is 796. The molecule has 0 saturated heterocycles. The highest BCUT2D eigenvalue weighted by Crippen LogP contribution is 2.20. The number of hydrogen-bond acceptors (Lipinski definition) is 4. The van der Waals surface area contributed by atoms with Crippen molar-refractivity contribution < 1.29 is 0 Å². The number of aromatic nitrogens is 2. The number of H-pyrrole nitrogens is 1. The van der Waals surface area contributed by atoms with Gasteiger partial charge < -0.3 is 5.32 Å². The van der Waals surface area contributed by atoms with Gasteiger partial charge in [0.15, 0.2) is 0 Å². The highest BCUT2D eigenvalue weighted by atomic mass is 16.2. The molecule has 0 aliphatic carbocycles. The lowest BCUT2D eigenvalue weighted by Crippen LogP contribution is -2.36. The monoisotopic (exact) mass is 298 g/mol. The molecule has 1 aromatic heterocycles. The molecule has 114 valence electrons. The normalized spacial score (nSPS) is 12.0. The lowest BCUT2D eigenvalue weighted by atomic mass is 10.0. The number of nitrogens with zero attached hydrogens (tertiary/aromatic N) is 2.